The monoisotopic (exact) mass is 382 g/mol. The maximum Gasteiger partial charge on any atom is 0.216 e. The van der Waals surface area contributed by atoms with Gasteiger partial charge in [-0.15, -0.1) is 25.3 Å². The molecule has 134 valence electrons. The molecule has 0 saturated carbocycles. The normalized spacial score (nSPS) is 9.04. The summed E-state index contributed by atoms with van der Waals surface area (Å²) >= 11 is 7.30. The predicted molar refractivity (Wildman–Crippen MR) is 115 cm³/mol. The first-order valence-electron chi connectivity index (χ1n) is 8.15. The summed E-state index contributed by atoms with van der Waals surface area (Å²) in [5, 5.41) is -0.369. The third-order valence-corrected chi connectivity index (χ3v) is 3.81. The van der Waals surface area contributed by atoms with E-state index in [1.807, 2.05) is 42.5 Å². The van der Waals surface area contributed by atoms with Gasteiger partial charge >= 0.3 is 0 Å². The molecule has 0 bridgehead atoms. The minimum absolute atomic E-state index is 0.185. The molecular weight excluding hydrogens is 360 g/mol. The number of hydrogen-bond acceptors (Lipinski definition) is 2. The summed E-state index contributed by atoms with van der Waals surface area (Å²) in [5.41, 5.74) is 2.69. The molecule has 3 aromatic rings. The highest BCUT2D eigenvalue weighted by Crippen LogP contribution is 2.01. The molecule has 3 aromatic carbocycles. The molecule has 0 amide bonds. The van der Waals surface area contributed by atoms with Gasteiger partial charge in [0.2, 0.25) is 10.2 Å². The Kier molecular flexibility index (Phi) is 10.9. The van der Waals surface area contributed by atoms with Crippen LogP contribution in [0, 0.1) is 0 Å². The highest BCUT2D eigenvalue weighted by atomic mass is 32.1. The number of aryl methyl sites for hydroxylation is 1. The lowest BCUT2D eigenvalue weighted by molar-refractivity contribution is 0.108. The van der Waals surface area contributed by atoms with Gasteiger partial charge in [0.15, 0.2) is 0 Å². The first kappa shape index (κ1) is 21.7. The van der Waals surface area contributed by atoms with Crippen molar-refractivity contribution < 1.29 is 9.59 Å². The second-order valence-corrected chi connectivity index (χ2v) is 5.99. The number of carbonyl (C=O) groups excluding carboxylic acids is 2. The van der Waals surface area contributed by atoms with E-state index in [4.69, 9.17) is 0 Å². The molecule has 0 fully saturated rings. The fraction of sp³-hybridized carbons (Fsp3) is 0.0909. The first-order chi connectivity index (χ1) is 12.5. The molecule has 0 spiro atoms. The lowest BCUT2D eigenvalue weighted by Crippen LogP contribution is -1.84. The molecule has 0 unspecified atom stereocenters. The number of rotatable bonds is 3. The van der Waals surface area contributed by atoms with Crippen LogP contribution < -0.4 is 0 Å². The van der Waals surface area contributed by atoms with Crippen LogP contribution >= 0.6 is 25.3 Å². The van der Waals surface area contributed by atoms with Crippen LogP contribution in [0.2, 0.25) is 0 Å². The van der Waals surface area contributed by atoms with Crippen molar-refractivity contribution in [3.63, 3.8) is 0 Å². The van der Waals surface area contributed by atoms with Crippen molar-refractivity contribution in [3.8, 4) is 0 Å². The number of benzene rings is 3. The standard InChI is InChI=1S/C8H10.2C7H6OS/c1-2-8-6-4-3-5-7-8;2*8-7(9)6-4-2-1-3-5-6/h3-7H,2H2,1H3;2*1-5H,(H,8,9). The summed E-state index contributed by atoms with van der Waals surface area (Å²) in [6, 6.07) is 28.3. The van der Waals surface area contributed by atoms with Crippen LogP contribution in [0.5, 0.6) is 0 Å². The molecule has 3 rings (SSSR count). The molecule has 26 heavy (non-hydrogen) atoms. The molecular formula is C22H22O2S2. The van der Waals surface area contributed by atoms with Gasteiger partial charge in [-0.2, -0.15) is 0 Å². The quantitative estimate of drug-likeness (QED) is 0.565. The zero-order valence-electron chi connectivity index (χ0n) is 14.6. The summed E-state index contributed by atoms with van der Waals surface area (Å²) in [7, 11) is 0. The molecule has 0 radical (unpaired) electrons. The maximum absolute atomic E-state index is 10.5. The van der Waals surface area contributed by atoms with Gasteiger partial charge in [0.1, 0.15) is 0 Å². The Bertz CT molecular complexity index is 724. The molecule has 0 aliphatic rings. The van der Waals surface area contributed by atoms with Gasteiger partial charge in [0.05, 0.1) is 0 Å². The fourth-order valence-corrected chi connectivity index (χ4v) is 2.17. The average molecular weight is 383 g/mol. The van der Waals surface area contributed by atoms with E-state index in [0.717, 1.165) is 6.42 Å². The number of hydrogen-bond donors (Lipinski definition) is 2. The Morgan fingerprint density at radius 1 is 0.615 bits per heavy atom. The minimum atomic E-state index is -0.185. The van der Waals surface area contributed by atoms with Gasteiger partial charge in [0, 0.05) is 11.1 Å². The second kappa shape index (κ2) is 13.0. The smallest absolute Gasteiger partial charge is 0.216 e. The van der Waals surface area contributed by atoms with E-state index in [2.05, 4.69) is 56.4 Å². The van der Waals surface area contributed by atoms with Crippen LogP contribution in [0.1, 0.15) is 33.2 Å². The van der Waals surface area contributed by atoms with Crippen LogP contribution in [0.25, 0.3) is 0 Å². The van der Waals surface area contributed by atoms with Crippen LogP contribution in [-0.2, 0) is 6.42 Å². The van der Waals surface area contributed by atoms with E-state index in [1.54, 1.807) is 24.3 Å². The summed E-state index contributed by atoms with van der Waals surface area (Å²) in [6.07, 6.45) is 1.14. The lowest BCUT2D eigenvalue weighted by atomic mass is 10.2. The van der Waals surface area contributed by atoms with Crippen LogP contribution in [0.4, 0.5) is 0 Å². The van der Waals surface area contributed by atoms with Crippen LogP contribution in [0.3, 0.4) is 0 Å². The minimum Gasteiger partial charge on any atom is -0.282 e. The maximum atomic E-state index is 10.5. The Labute approximate surface area is 166 Å². The molecule has 0 saturated heterocycles. The molecule has 0 aromatic heterocycles. The average Bonchev–Trinajstić information content (AvgIpc) is 2.71. The van der Waals surface area contributed by atoms with E-state index in [-0.39, 0.29) is 10.2 Å². The van der Waals surface area contributed by atoms with Crippen LogP contribution in [-0.4, -0.2) is 10.2 Å². The third-order valence-electron chi connectivity index (χ3n) is 3.29. The SMILES string of the molecule is CCc1ccccc1.O=C(S)c1ccccc1.O=C(S)c1ccccc1. The van der Waals surface area contributed by atoms with Gasteiger partial charge in [-0.25, -0.2) is 0 Å². The molecule has 2 nitrogen and oxygen atoms in total. The van der Waals surface area contributed by atoms with Crippen molar-refractivity contribution in [2.24, 2.45) is 0 Å². The summed E-state index contributed by atoms with van der Waals surface area (Å²) in [4.78, 5) is 21.0. The molecule has 4 heteroatoms. The highest BCUT2D eigenvalue weighted by molar-refractivity contribution is 7.97. The third kappa shape index (κ3) is 9.25. The topological polar surface area (TPSA) is 34.1 Å². The summed E-state index contributed by atoms with van der Waals surface area (Å²) < 4.78 is 0. The molecule has 0 aliphatic carbocycles. The zero-order chi connectivity index (χ0) is 19.2. The molecule has 0 heterocycles. The van der Waals surface area contributed by atoms with Crippen molar-refractivity contribution in [1.29, 1.82) is 0 Å². The molecule has 0 aliphatic heterocycles. The highest BCUT2D eigenvalue weighted by Gasteiger charge is 1.94. The Morgan fingerprint density at radius 3 is 1.12 bits per heavy atom. The zero-order valence-corrected chi connectivity index (χ0v) is 16.4. The van der Waals surface area contributed by atoms with Gasteiger partial charge in [-0.3, -0.25) is 9.59 Å². The van der Waals surface area contributed by atoms with E-state index >= 15 is 0 Å². The second-order valence-electron chi connectivity index (χ2n) is 5.18. The Morgan fingerprint density at radius 2 is 0.923 bits per heavy atom. The van der Waals surface area contributed by atoms with E-state index in [1.165, 1.54) is 5.56 Å². The molecule has 0 N–H and O–H groups in total. The summed E-state index contributed by atoms with van der Waals surface area (Å²) in [6.45, 7) is 2.16. The largest absolute Gasteiger partial charge is 0.282 e. The van der Waals surface area contributed by atoms with Crippen molar-refractivity contribution in [2.45, 2.75) is 13.3 Å². The lowest BCUT2D eigenvalue weighted by Gasteiger charge is -1.89. The van der Waals surface area contributed by atoms with Crippen LogP contribution in [0.15, 0.2) is 91.0 Å². The Balaban J connectivity index is 0.000000195. The van der Waals surface area contributed by atoms with Crippen molar-refractivity contribution in [3.05, 3.63) is 108 Å². The first-order valence-corrected chi connectivity index (χ1v) is 9.04. The van der Waals surface area contributed by atoms with E-state index < -0.39 is 0 Å². The van der Waals surface area contributed by atoms with Gasteiger partial charge in [-0.05, 0) is 12.0 Å². The van der Waals surface area contributed by atoms with Gasteiger partial charge in [-0.1, -0.05) is 97.9 Å². The van der Waals surface area contributed by atoms with Gasteiger partial charge < -0.3 is 0 Å². The van der Waals surface area contributed by atoms with E-state index in [0.29, 0.717) is 11.1 Å². The van der Waals surface area contributed by atoms with E-state index in [9.17, 15) is 9.59 Å². The molecule has 0 atom stereocenters. The predicted octanol–water partition coefficient (Wildman–Crippen LogP) is 5.76. The van der Waals surface area contributed by atoms with Crippen molar-refractivity contribution >= 4 is 35.5 Å². The fourth-order valence-electron chi connectivity index (χ4n) is 1.88. The number of thiol groups is 2. The number of carbonyl (C=O) groups is 2. The van der Waals surface area contributed by atoms with Crippen molar-refractivity contribution in [1.82, 2.24) is 0 Å². The Hall–Kier alpha value is -2.30. The summed E-state index contributed by atoms with van der Waals surface area (Å²) in [5.74, 6) is 0. The van der Waals surface area contributed by atoms with Crippen molar-refractivity contribution in [2.75, 3.05) is 0 Å². The van der Waals surface area contributed by atoms with Gasteiger partial charge in [0.25, 0.3) is 0 Å².